The minimum absolute atomic E-state index is 0.130. The number of anilines is 1. The molecule has 7 heteroatoms. The predicted octanol–water partition coefficient (Wildman–Crippen LogP) is 0.863. The Bertz CT molecular complexity index is 558. The van der Waals surface area contributed by atoms with Crippen molar-refractivity contribution in [1.29, 1.82) is 5.26 Å². The van der Waals surface area contributed by atoms with E-state index in [0.29, 0.717) is 11.3 Å². The van der Waals surface area contributed by atoms with Crippen LogP contribution in [0.3, 0.4) is 0 Å². The fraction of sp³-hybridized carbons (Fsp3) is 0.273. The van der Waals surface area contributed by atoms with Crippen LogP contribution in [0.25, 0.3) is 0 Å². The summed E-state index contributed by atoms with van der Waals surface area (Å²) in [5.41, 5.74) is 0.710. The van der Waals surface area contributed by atoms with Gasteiger partial charge in [0.15, 0.2) is 5.75 Å². The summed E-state index contributed by atoms with van der Waals surface area (Å²) in [5, 5.41) is 8.59. The van der Waals surface area contributed by atoms with E-state index in [0.717, 1.165) is 0 Å². The van der Waals surface area contributed by atoms with E-state index in [-0.39, 0.29) is 6.61 Å². The van der Waals surface area contributed by atoms with Crippen molar-refractivity contribution in [3.63, 3.8) is 0 Å². The topological polar surface area (TPSA) is 96.3 Å². The quantitative estimate of drug-likeness (QED) is 0.799. The summed E-state index contributed by atoms with van der Waals surface area (Å²) in [6.45, 7) is 1.73. The molecule has 1 rings (SSSR count). The van der Waals surface area contributed by atoms with Gasteiger partial charge in [-0.3, -0.25) is 9.52 Å². The van der Waals surface area contributed by atoms with Gasteiger partial charge in [-0.2, -0.15) is 5.26 Å². The number of ether oxygens (including phenoxy) is 1. The summed E-state index contributed by atoms with van der Waals surface area (Å²) >= 11 is 0. The molecule has 0 aliphatic heterocycles. The Morgan fingerprint density at radius 2 is 2.00 bits per heavy atom. The fourth-order valence-electron chi connectivity index (χ4n) is 1.19. The van der Waals surface area contributed by atoms with E-state index in [1.807, 2.05) is 6.07 Å². The van der Waals surface area contributed by atoms with Gasteiger partial charge in [0, 0.05) is 5.69 Å². The normalized spacial score (nSPS) is 10.4. The fourth-order valence-corrected chi connectivity index (χ4v) is 2.15. The van der Waals surface area contributed by atoms with Crippen LogP contribution in [0.1, 0.15) is 12.5 Å². The predicted molar refractivity (Wildman–Crippen MR) is 65.2 cm³/mol. The van der Waals surface area contributed by atoms with Crippen molar-refractivity contribution in [3.8, 4) is 6.07 Å². The lowest BCUT2D eigenvalue weighted by atomic mass is 10.2. The average molecular weight is 268 g/mol. The third-order valence-electron chi connectivity index (χ3n) is 1.90. The van der Waals surface area contributed by atoms with Crippen LogP contribution >= 0.6 is 0 Å². The molecule has 0 radical (unpaired) electrons. The maximum atomic E-state index is 11.6. The number of benzene rings is 1. The van der Waals surface area contributed by atoms with Gasteiger partial charge in [-0.15, -0.1) is 0 Å². The first-order chi connectivity index (χ1) is 8.46. The van der Waals surface area contributed by atoms with Crippen molar-refractivity contribution in [2.45, 2.75) is 6.92 Å². The Morgan fingerprint density at radius 3 is 2.50 bits per heavy atom. The highest BCUT2D eigenvalue weighted by Crippen LogP contribution is 2.10. The number of hydrogen-bond donors (Lipinski definition) is 1. The van der Waals surface area contributed by atoms with Gasteiger partial charge in [0.25, 0.3) is 0 Å². The molecule has 18 heavy (non-hydrogen) atoms. The van der Waals surface area contributed by atoms with Crippen molar-refractivity contribution < 1.29 is 17.9 Å². The van der Waals surface area contributed by atoms with E-state index in [1.54, 1.807) is 6.92 Å². The molecule has 0 aliphatic rings. The minimum Gasteiger partial charge on any atom is -0.465 e. The van der Waals surface area contributed by atoms with Crippen molar-refractivity contribution in [2.24, 2.45) is 0 Å². The summed E-state index contributed by atoms with van der Waals surface area (Å²) in [4.78, 5) is 11.1. The number of nitrogens with one attached hydrogen (secondary N) is 1. The lowest BCUT2D eigenvalue weighted by Gasteiger charge is -2.07. The number of esters is 1. The Morgan fingerprint density at radius 1 is 1.39 bits per heavy atom. The summed E-state index contributed by atoms with van der Waals surface area (Å²) < 4.78 is 29.9. The lowest BCUT2D eigenvalue weighted by Crippen LogP contribution is -2.24. The number of nitriles is 1. The van der Waals surface area contributed by atoms with Crippen LogP contribution in [0, 0.1) is 11.3 Å². The first-order valence-corrected chi connectivity index (χ1v) is 6.78. The van der Waals surface area contributed by atoms with E-state index in [9.17, 15) is 13.2 Å². The zero-order valence-corrected chi connectivity index (χ0v) is 10.5. The highest BCUT2D eigenvalue weighted by atomic mass is 32.2. The smallest absolute Gasteiger partial charge is 0.323 e. The van der Waals surface area contributed by atoms with Gasteiger partial charge in [-0.1, -0.05) is 0 Å². The molecular formula is C11H12N2O4S. The van der Waals surface area contributed by atoms with E-state index in [2.05, 4.69) is 9.46 Å². The average Bonchev–Trinajstić information content (AvgIpc) is 2.29. The third-order valence-corrected chi connectivity index (χ3v) is 3.06. The van der Waals surface area contributed by atoms with Crippen molar-refractivity contribution in [1.82, 2.24) is 0 Å². The number of rotatable bonds is 5. The molecule has 1 N–H and O–H groups in total. The first kappa shape index (κ1) is 14.0. The largest absolute Gasteiger partial charge is 0.465 e. The van der Waals surface area contributed by atoms with Gasteiger partial charge in [0.05, 0.1) is 18.2 Å². The molecule has 1 aromatic rings. The van der Waals surface area contributed by atoms with Crippen LogP contribution < -0.4 is 4.72 Å². The standard InChI is InChI=1S/C11H12N2O4S/c1-2-17-11(14)8-18(15,16)13-10-5-3-9(7-12)4-6-10/h3-6,13H,2,8H2,1H3. The second-order valence-electron chi connectivity index (χ2n) is 3.36. The zero-order valence-electron chi connectivity index (χ0n) is 9.71. The summed E-state index contributed by atoms with van der Waals surface area (Å²) in [6.07, 6.45) is 0. The highest BCUT2D eigenvalue weighted by Gasteiger charge is 2.17. The molecule has 0 unspecified atom stereocenters. The number of sulfonamides is 1. The Labute approximate surface area is 105 Å². The molecule has 6 nitrogen and oxygen atoms in total. The summed E-state index contributed by atoms with van der Waals surface area (Å²) in [5.74, 6) is -1.54. The van der Waals surface area contributed by atoms with Crippen molar-refractivity contribution in [3.05, 3.63) is 29.8 Å². The van der Waals surface area contributed by atoms with E-state index in [1.165, 1.54) is 24.3 Å². The van der Waals surface area contributed by atoms with Crippen LogP contribution in [-0.2, 0) is 19.6 Å². The molecule has 0 aromatic heterocycles. The monoisotopic (exact) mass is 268 g/mol. The van der Waals surface area contributed by atoms with Gasteiger partial charge in [0.2, 0.25) is 10.0 Å². The van der Waals surface area contributed by atoms with Crippen LogP contribution in [0.4, 0.5) is 5.69 Å². The second kappa shape index (κ2) is 6.02. The number of hydrogen-bond acceptors (Lipinski definition) is 5. The van der Waals surface area contributed by atoms with Crippen molar-refractivity contribution >= 4 is 21.7 Å². The molecule has 0 bridgehead atoms. The molecule has 0 aliphatic carbocycles. The number of carbonyl (C=O) groups excluding carboxylic acids is 1. The summed E-state index contributed by atoms with van der Waals surface area (Å²) in [7, 11) is -3.78. The Balaban J connectivity index is 2.70. The molecule has 0 saturated heterocycles. The molecule has 0 saturated carbocycles. The van der Waals surface area contributed by atoms with E-state index >= 15 is 0 Å². The molecule has 0 atom stereocenters. The van der Waals surface area contributed by atoms with Gasteiger partial charge in [-0.25, -0.2) is 8.42 Å². The van der Waals surface area contributed by atoms with Crippen molar-refractivity contribution in [2.75, 3.05) is 17.1 Å². The van der Waals surface area contributed by atoms with E-state index < -0.39 is 21.7 Å². The maximum absolute atomic E-state index is 11.6. The summed E-state index contributed by atoms with van der Waals surface area (Å²) in [6, 6.07) is 7.75. The van der Waals surface area contributed by atoms with Crippen LogP contribution in [0.15, 0.2) is 24.3 Å². The Hall–Kier alpha value is -2.07. The van der Waals surface area contributed by atoms with Crippen LogP contribution in [-0.4, -0.2) is 26.7 Å². The van der Waals surface area contributed by atoms with Gasteiger partial charge in [0.1, 0.15) is 0 Å². The van der Waals surface area contributed by atoms with Crippen LogP contribution in [0.2, 0.25) is 0 Å². The van der Waals surface area contributed by atoms with Gasteiger partial charge in [-0.05, 0) is 31.2 Å². The minimum atomic E-state index is -3.78. The molecule has 0 spiro atoms. The molecular weight excluding hydrogens is 256 g/mol. The second-order valence-corrected chi connectivity index (χ2v) is 5.08. The third kappa shape index (κ3) is 4.43. The zero-order chi connectivity index (χ0) is 13.6. The molecule has 1 aromatic carbocycles. The molecule has 96 valence electrons. The van der Waals surface area contributed by atoms with Crippen LogP contribution in [0.5, 0.6) is 0 Å². The highest BCUT2D eigenvalue weighted by molar-refractivity contribution is 7.93. The molecule has 0 amide bonds. The van der Waals surface area contributed by atoms with Gasteiger partial charge >= 0.3 is 5.97 Å². The Kier molecular flexibility index (Phi) is 4.68. The van der Waals surface area contributed by atoms with E-state index in [4.69, 9.17) is 5.26 Å². The lowest BCUT2D eigenvalue weighted by molar-refractivity contribution is -0.139. The van der Waals surface area contributed by atoms with Gasteiger partial charge < -0.3 is 4.74 Å². The number of nitrogens with zero attached hydrogens (tertiary/aromatic N) is 1. The number of carbonyl (C=O) groups is 1. The molecule has 0 heterocycles. The SMILES string of the molecule is CCOC(=O)CS(=O)(=O)Nc1ccc(C#N)cc1. The first-order valence-electron chi connectivity index (χ1n) is 5.13. The maximum Gasteiger partial charge on any atom is 0.323 e. The molecule has 0 fully saturated rings.